The molecule has 0 N–H and O–H groups in total. The molecule has 0 nitrogen and oxygen atoms in total. The van der Waals surface area contributed by atoms with Gasteiger partial charge in [-0.2, -0.15) is 0 Å². The van der Waals surface area contributed by atoms with E-state index in [1.54, 1.807) is 0 Å². The van der Waals surface area contributed by atoms with E-state index in [4.69, 9.17) is 0 Å². The molecule has 1 rings (SSSR count). The van der Waals surface area contributed by atoms with Gasteiger partial charge >= 0.3 is 0 Å². The zero-order valence-corrected chi connectivity index (χ0v) is 10.3. The van der Waals surface area contributed by atoms with Gasteiger partial charge in [0.05, 0.1) is 0 Å². The molecule has 0 aromatic rings. The molecule has 1 unspecified atom stereocenters. The molecule has 0 saturated heterocycles. The lowest BCUT2D eigenvalue weighted by Gasteiger charge is -2.27. The lowest BCUT2D eigenvalue weighted by molar-refractivity contribution is 1.12. The van der Waals surface area contributed by atoms with Crippen LogP contribution in [0.2, 0.25) is 0 Å². The molecule has 0 bridgehead atoms. The van der Waals surface area contributed by atoms with Gasteiger partial charge in [-0.15, -0.1) is 0 Å². The molecule has 0 saturated carbocycles. The zero-order chi connectivity index (χ0) is 6.91. The predicted octanol–water partition coefficient (Wildman–Crippen LogP) is 4.18. The van der Waals surface area contributed by atoms with E-state index in [0.717, 1.165) is 12.6 Å². The summed E-state index contributed by atoms with van der Waals surface area (Å²) in [7, 11) is 0. The van der Waals surface area contributed by atoms with Crippen molar-refractivity contribution < 1.29 is 0 Å². The van der Waals surface area contributed by atoms with Crippen molar-refractivity contribution in [2.24, 2.45) is 0 Å². The van der Waals surface area contributed by atoms with Gasteiger partial charge in [0.1, 0.15) is 2.97 Å². The van der Waals surface area contributed by atoms with Crippen molar-refractivity contribution in [2.45, 2.75) is 9.40 Å². The summed E-state index contributed by atoms with van der Waals surface area (Å²) in [5, 5.41) is 0. The molecular formula is C5H6Br3P. The first-order valence-electron chi connectivity index (χ1n) is 2.59. The Bertz CT molecular complexity index is 132. The molecule has 1 heterocycles. The summed E-state index contributed by atoms with van der Waals surface area (Å²) >= 11 is 10.8. The molecule has 0 aliphatic carbocycles. The maximum absolute atomic E-state index is 3.63. The molecule has 1 aliphatic heterocycles. The third kappa shape index (κ3) is 2.28. The van der Waals surface area contributed by atoms with Crippen molar-refractivity contribution >= 4 is 54.0 Å². The predicted molar refractivity (Wildman–Crippen MR) is 55.1 cm³/mol. The summed E-state index contributed by atoms with van der Waals surface area (Å²) in [6.45, 7) is -0.0759. The fraction of sp³-hybridized carbons (Fsp3) is 0.600. The van der Waals surface area contributed by atoms with Crippen molar-refractivity contribution in [1.29, 1.82) is 0 Å². The number of halogens is 3. The second-order valence-electron chi connectivity index (χ2n) is 1.89. The van der Waals surface area contributed by atoms with E-state index >= 15 is 0 Å². The fourth-order valence-corrected chi connectivity index (χ4v) is 3.71. The van der Waals surface area contributed by atoms with Crippen molar-refractivity contribution in [1.82, 2.24) is 0 Å². The maximum Gasteiger partial charge on any atom is 0.113 e. The molecule has 0 aromatic heterocycles. The van der Waals surface area contributed by atoms with Crippen LogP contribution in [0.15, 0.2) is 12.2 Å². The van der Waals surface area contributed by atoms with Gasteiger partial charge in [0, 0.05) is 0 Å². The van der Waals surface area contributed by atoms with Gasteiger partial charge in [-0.25, -0.2) is 0 Å². The highest BCUT2D eigenvalue weighted by molar-refractivity contribution is 9.44. The van der Waals surface area contributed by atoms with E-state index in [2.05, 4.69) is 59.5 Å². The number of hydrogen-bond acceptors (Lipinski definition) is 0. The van der Waals surface area contributed by atoms with Crippen LogP contribution in [-0.4, -0.2) is 9.14 Å². The molecule has 1 atom stereocenters. The van der Waals surface area contributed by atoms with Gasteiger partial charge in [0.15, 0.2) is 0 Å². The Morgan fingerprint density at radius 2 is 2.00 bits per heavy atom. The van der Waals surface area contributed by atoms with Gasteiger partial charge in [-0.05, 0) is 19.2 Å². The summed E-state index contributed by atoms with van der Waals surface area (Å²) in [6.07, 6.45) is 6.65. The van der Waals surface area contributed by atoms with Gasteiger partial charge in [0.2, 0.25) is 0 Å². The van der Waals surface area contributed by atoms with E-state index < -0.39 is 0 Å². The van der Waals surface area contributed by atoms with Crippen molar-refractivity contribution in [3.8, 4) is 0 Å². The topological polar surface area (TPSA) is 0 Å². The quantitative estimate of drug-likeness (QED) is 0.353. The highest BCUT2D eigenvalue weighted by atomic mass is 79.9. The minimum absolute atomic E-state index is 0.0759. The Morgan fingerprint density at radius 3 is 2.33 bits per heavy atom. The lowest BCUT2D eigenvalue weighted by Crippen LogP contribution is -2.08. The van der Waals surface area contributed by atoms with E-state index in [1.165, 1.54) is 0 Å². The maximum atomic E-state index is 3.63. The number of alkyl halides is 2. The molecule has 9 heavy (non-hydrogen) atoms. The van der Waals surface area contributed by atoms with Crippen LogP contribution in [0, 0.1) is 0 Å². The summed E-state index contributed by atoms with van der Waals surface area (Å²) < 4.78 is 0.157. The van der Waals surface area contributed by atoms with Crippen molar-refractivity contribution in [2.75, 3.05) is 6.16 Å². The number of allylic oxidation sites excluding steroid dienone is 2. The first-order valence-corrected chi connectivity index (χ1v) is 7.72. The molecule has 52 valence electrons. The average Bonchev–Trinajstić information content (AvgIpc) is 1.77. The SMILES string of the molecule is BrP1CC=CCC1(Br)Br. The van der Waals surface area contributed by atoms with Gasteiger partial charge < -0.3 is 0 Å². The third-order valence-corrected chi connectivity index (χ3v) is 11.3. The second kappa shape index (κ2) is 3.34. The fourth-order valence-electron chi connectivity index (χ4n) is 0.625. The van der Waals surface area contributed by atoms with Crippen LogP contribution in [0.3, 0.4) is 0 Å². The van der Waals surface area contributed by atoms with Crippen molar-refractivity contribution in [3.05, 3.63) is 12.2 Å². The Balaban J connectivity index is 2.64. The van der Waals surface area contributed by atoms with Crippen LogP contribution < -0.4 is 0 Å². The summed E-state index contributed by atoms with van der Waals surface area (Å²) in [6, 6.07) is 0. The van der Waals surface area contributed by atoms with E-state index in [1.807, 2.05) is 0 Å². The van der Waals surface area contributed by atoms with E-state index in [0.29, 0.717) is 0 Å². The van der Waals surface area contributed by atoms with Gasteiger partial charge in [-0.1, -0.05) is 59.5 Å². The highest BCUT2D eigenvalue weighted by Gasteiger charge is 2.31. The number of rotatable bonds is 0. The monoisotopic (exact) mass is 334 g/mol. The minimum Gasteiger partial charge on any atom is -0.0855 e. The molecular weight excluding hydrogens is 331 g/mol. The Kier molecular flexibility index (Phi) is 3.23. The molecule has 1 aliphatic rings. The van der Waals surface area contributed by atoms with Crippen LogP contribution in [0.25, 0.3) is 0 Å². The highest BCUT2D eigenvalue weighted by Crippen LogP contribution is 2.66. The second-order valence-corrected chi connectivity index (χ2v) is 11.3. The molecule has 0 amide bonds. The first-order chi connectivity index (χ1) is 4.13. The smallest absolute Gasteiger partial charge is 0.0855 e. The summed E-state index contributed by atoms with van der Waals surface area (Å²) in [5.41, 5.74) is 0. The first kappa shape index (κ1) is 8.70. The molecule has 0 fully saturated rings. The minimum atomic E-state index is -0.0759. The summed E-state index contributed by atoms with van der Waals surface area (Å²) in [5.74, 6) is 0. The van der Waals surface area contributed by atoms with E-state index in [9.17, 15) is 0 Å². The van der Waals surface area contributed by atoms with Crippen molar-refractivity contribution in [3.63, 3.8) is 0 Å². The average molecular weight is 337 g/mol. The van der Waals surface area contributed by atoms with Crippen LogP contribution in [-0.2, 0) is 0 Å². The number of hydrogen-bond donors (Lipinski definition) is 0. The Morgan fingerprint density at radius 1 is 1.33 bits per heavy atom. The van der Waals surface area contributed by atoms with Gasteiger partial charge in [-0.3, -0.25) is 0 Å². The Hall–Kier alpha value is 1.61. The molecule has 0 radical (unpaired) electrons. The molecule has 4 heteroatoms. The normalized spacial score (nSPS) is 32.6. The van der Waals surface area contributed by atoms with Crippen LogP contribution in [0.5, 0.6) is 0 Å². The zero-order valence-electron chi connectivity index (χ0n) is 4.65. The largest absolute Gasteiger partial charge is 0.113 e. The van der Waals surface area contributed by atoms with Crippen LogP contribution >= 0.6 is 54.0 Å². The lowest BCUT2D eigenvalue weighted by atomic mass is 10.4. The third-order valence-electron chi connectivity index (χ3n) is 1.15. The Labute approximate surface area is 81.2 Å². The van der Waals surface area contributed by atoms with E-state index in [-0.39, 0.29) is 9.60 Å². The molecule has 0 aromatic carbocycles. The van der Waals surface area contributed by atoms with Crippen LogP contribution in [0.1, 0.15) is 6.42 Å². The standard InChI is InChI=1S/C5H6Br3P/c6-5(7)3-1-2-4-9(5)8/h1-2H,3-4H2. The van der Waals surface area contributed by atoms with Gasteiger partial charge in [0.25, 0.3) is 0 Å². The summed E-state index contributed by atoms with van der Waals surface area (Å²) in [4.78, 5) is 0. The van der Waals surface area contributed by atoms with Crippen LogP contribution in [0.4, 0.5) is 0 Å². The molecule has 0 spiro atoms.